The van der Waals surface area contributed by atoms with Crippen LogP contribution in [0, 0.1) is 6.92 Å². The van der Waals surface area contributed by atoms with Crippen LogP contribution in [0.25, 0.3) is 4.96 Å². The van der Waals surface area contributed by atoms with Gasteiger partial charge in [-0.2, -0.15) is 0 Å². The molecule has 0 N–H and O–H groups in total. The number of hydrogen-bond donors (Lipinski definition) is 0. The van der Waals surface area contributed by atoms with Gasteiger partial charge in [-0.15, -0.1) is 22.7 Å². The predicted molar refractivity (Wildman–Crippen MR) is 99.6 cm³/mol. The van der Waals surface area contributed by atoms with Crippen LogP contribution in [0.3, 0.4) is 0 Å². The van der Waals surface area contributed by atoms with Crippen molar-refractivity contribution in [3.63, 3.8) is 0 Å². The van der Waals surface area contributed by atoms with E-state index < -0.39 is 0 Å². The summed E-state index contributed by atoms with van der Waals surface area (Å²) >= 11 is 2.97. The molecule has 0 unspecified atom stereocenters. The van der Waals surface area contributed by atoms with Gasteiger partial charge in [0.25, 0.3) is 11.5 Å². The van der Waals surface area contributed by atoms with Gasteiger partial charge in [-0.1, -0.05) is 0 Å². The zero-order valence-corrected chi connectivity index (χ0v) is 15.5. The van der Waals surface area contributed by atoms with Gasteiger partial charge in [0, 0.05) is 50.4 Å². The fraction of sp³-hybridized carbons (Fsp3) is 0.353. The molecule has 3 aromatic heterocycles. The van der Waals surface area contributed by atoms with Crippen LogP contribution in [0.4, 0.5) is 0 Å². The molecular weight excluding hydrogens is 356 g/mol. The van der Waals surface area contributed by atoms with Crippen LogP contribution in [0.15, 0.2) is 33.9 Å². The summed E-state index contributed by atoms with van der Waals surface area (Å²) in [5, 5.41) is 3.83. The Balaban J connectivity index is 1.41. The Morgan fingerprint density at radius 3 is 2.72 bits per heavy atom. The quantitative estimate of drug-likeness (QED) is 0.704. The second-order valence-electron chi connectivity index (χ2n) is 6.14. The largest absolute Gasteiger partial charge is 0.335 e. The Kier molecular flexibility index (Phi) is 4.41. The molecule has 0 bridgehead atoms. The third kappa shape index (κ3) is 3.24. The van der Waals surface area contributed by atoms with Gasteiger partial charge in [0.2, 0.25) is 0 Å². The molecule has 1 amide bonds. The number of thiazole rings is 1. The van der Waals surface area contributed by atoms with E-state index in [0.717, 1.165) is 34.2 Å². The summed E-state index contributed by atoms with van der Waals surface area (Å²) in [6, 6.07) is 3.59. The van der Waals surface area contributed by atoms with Gasteiger partial charge >= 0.3 is 0 Å². The minimum absolute atomic E-state index is 0.0387. The summed E-state index contributed by atoms with van der Waals surface area (Å²) in [6.45, 7) is 5.62. The van der Waals surface area contributed by atoms with Crippen molar-refractivity contribution in [2.45, 2.75) is 13.5 Å². The highest BCUT2D eigenvalue weighted by atomic mass is 32.1. The van der Waals surface area contributed by atoms with E-state index in [1.54, 1.807) is 16.7 Å². The number of thiophene rings is 1. The molecule has 1 fully saturated rings. The second-order valence-corrected chi connectivity index (χ2v) is 7.93. The average Bonchev–Trinajstić information content (AvgIpc) is 3.24. The Morgan fingerprint density at radius 2 is 2.00 bits per heavy atom. The Labute approximate surface area is 153 Å². The number of hydrogen-bond acceptors (Lipinski definition) is 6. The van der Waals surface area contributed by atoms with Gasteiger partial charge in [0.1, 0.15) is 0 Å². The molecule has 1 aliphatic heterocycles. The predicted octanol–water partition coefficient (Wildman–Crippen LogP) is 2.08. The first-order chi connectivity index (χ1) is 12.1. The standard InChI is InChI=1S/C17H18N4O2S2/c1-12-2-8-24-15(12)16(23)20-5-3-19(4-6-20)11-13-10-14(22)21-7-9-25-17(21)18-13/h2,7-10H,3-6,11H2,1H3. The molecule has 0 spiro atoms. The molecule has 8 heteroatoms. The van der Waals surface area contributed by atoms with E-state index in [0.29, 0.717) is 19.6 Å². The fourth-order valence-electron chi connectivity index (χ4n) is 3.04. The first kappa shape index (κ1) is 16.4. The van der Waals surface area contributed by atoms with E-state index in [2.05, 4.69) is 9.88 Å². The molecule has 0 radical (unpaired) electrons. The molecule has 3 aromatic rings. The van der Waals surface area contributed by atoms with Gasteiger partial charge in [-0.05, 0) is 23.9 Å². The van der Waals surface area contributed by atoms with Crippen molar-refractivity contribution >= 4 is 33.5 Å². The Hall–Kier alpha value is -2.03. The molecule has 1 aliphatic rings. The minimum atomic E-state index is -0.0387. The highest BCUT2D eigenvalue weighted by Crippen LogP contribution is 2.19. The number of nitrogens with zero attached hydrogens (tertiary/aromatic N) is 4. The van der Waals surface area contributed by atoms with Crippen molar-refractivity contribution in [2.75, 3.05) is 26.2 Å². The maximum atomic E-state index is 12.6. The number of piperazine rings is 1. The number of carbonyl (C=O) groups is 1. The van der Waals surface area contributed by atoms with Crippen LogP contribution in [0.5, 0.6) is 0 Å². The van der Waals surface area contributed by atoms with Crippen molar-refractivity contribution in [3.05, 3.63) is 55.6 Å². The van der Waals surface area contributed by atoms with E-state index in [9.17, 15) is 9.59 Å². The third-order valence-corrected chi connectivity index (χ3v) is 6.22. The molecular formula is C17H18N4O2S2. The fourth-order valence-corrected chi connectivity index (χ4v) is 4.67. The summed E-state index contributed by atoms with van der Waals surface area (Å²) in [4.78, 5) is 34.9. The van der Waals surface area contributed by atoms with E-state index in [1.165, 1.54) is 22.7 Å². The van der Waals surface area contributed by atoms with Crippen molar-refractivity contribution in [1.29, 1.82) is 0 Å². The summed E-state index contributed by atoms with van der Waals surface area (Å²) in [7, 11) is 0. The number of aromatic nitrogens is 2. The van der Waals surface area contributed by atoms with Crippen LogP contribution >= 0.6 is 22.7 Å². The molecule has 6 nitrogen and oxygen atoms in total. The van der Waals surface area contributed by atoms with E-state index in [-0.39, 0.29) is 11.5 Å². The summed E-state index contributed by atoms with van der Waals surface area (Å²) in [5.74, 6) is 0.128. The monoisotopic (exact) mass is 374 g/mol. The molecule has 1 saturated heterocycles. The van der Waals surface area contributed by atoms with Crippen LogP contribution in [-0.2, 0) is 6.54 Å². The SMILES string of the molecule is Cc1ccsc1C(=O)N1CCN(Cc2cc(=O)n3ccsc3n2)CC1. The molecule has 0 aliphatic carbocycles. The van der Waals surface area contributed by atoms with Crippen molar-refractivity contribution in [3.8, 4) is 0 Å². The lowest BCUT2D eigenvalue weighted by atomic mass is 10.2. The van der Waals surface area contributed by atoms with Gasteiger partial charge in [-0.25, -0.2) is 4.98 Å². The summed E-state index contributed by atoms with van der Waals surface area (Å²) in [5.41, 5.74) is 1.80. The number of fused-ring (bicyclic) bond motifs is 1. The van der Waals surface area contributed by atoms with E-state index >= 15 is 0 Å². The minimum Gasteiger partial charge on any atom is -0.335 e. The van der Waals surface area contributed by atoms with Crippen LogP contribution in [-0.4, -0.2) is 51.3 Å². The van der Waals surface area contributed by atoms with Crippen molar-refractivity contribution in [1.82, 2.24) is 19.2 Å². The molecule has 25 heavy (non-hydrogen) atoms. The maximum absolute atomic E-state index is 12.6. The molecule has 4 rings (SSSR count). The van der Waals surface area contributed by atoms with Gasteiger partial charge in [0.15, 0.2) is 4.96 Å². The molecule has 0 aromatic carbocycles. The highest BCUT2D eigenvalue weighted by molar-refractivity contribution is 7.15. The smallest absolute Gasteiger partial charge is 0.264 e. The van der Waals surface area contributed by atoms with Gasteiger partial charge < -0.3 is 4.90 Å². The topological polar surface area (TPSA) is 57.9 Å². The number of rotatable bonds is 3. The van der Waals surface area contributed by atoms with Crippen LogP contribution in [0.1, 0.15) is 20.9 Å². The second kappa shape index (κ2) is 6.70. The Bertz CT molecular complexity index is 966. The number of aryl methyl sites for hydroxylation is 1. The third-order valence-electron chi connectivity index (χ3n) is 4.46. The zero-order chi connectivity index (χ0) is 17.4. The highest BCUT2D eigenvalue weighted by Gasteiger charge is 2.24. The molecule has 130 valence electrons. The Morgan fingerprint density at radius 1 is 1.20 bits per heavy atom. The lowest BCUT2D eigenvalue weighted by Gasteiger charge is -2.34. The van der Waals surface area contributed by atoms with Gasteiger partial charge in [-0.3, -0.25) is 18.9 Å². The normalized spacial score (nSPS) is 15.8. The molecule has 0 atom stereocenters. The first-order valence-electron chi connectivity index (χ1n) is 8.13. The molecule has 0 saturated carbocycles. The number of amides is 1. The average molecular weight is 374 g/mol. The van der Waals surface area contributed by atoms with Crippen molar-refractivity contribution in [2.24, 2.45) is 0 Å². The van der Waals surface area contributed by atoms with E-state index in [4.69, 9.17) is 0 Å². The first-order valence-corrected chi connectivity index (χ1v) is 9.89. The van der Waals surface area contributed by atoms with Crippen LogP contribution in [0.2, 0.25) is 0 Å². The maximum Gasteiger partial charge on any atom is 0.264 e. The molecule has 4 heterocycles. The number of carbonyl (C=O) groups excluding carboxylic acids is 1. The lowest BCUT2D eigenvalue weighted by Crippen LogP contribution is -2.48. The zero-order valence-electron chi connectivity index (χ0n) is 13.8. The van der Waals surface area contributed by atoms with Crippen LogP contribution < -0.4 is 5.56 Å². The van der Waals surface area contributed by atoms with Gasteiger partial charge in [0.05, 0.1) is 10.6 Å². The summed E-state index contributed by atoms with van der Waals surface area (Å²) in [6.07, 6.45) is 1.75. The summed E-state index contributed by atoms with van der Waals surface area (Å²) < 4.78 is 1.56. The lowest BCUT2D eigenvalue weighted by molar-refractivity contribution is 0.0631. The van der Waals surface area contributed by atoms with Crippen molar-refractivity contribution < 1.29 is 4.79 Å². The van der Waals surface area contributed by atoms with E-state index in [1.807, 2.05) is 28.7 Å².